The number of sulfonamides is 1. The van der Waals surface area contributed by atoms with Gasteiger partial charge in [0.05, 0.1) is 16.7 Å². The van der Waals surface area contributed by atoms with E-state index in [1.54, 1.807) is 23.6 Å². The Morgan fingerprint density at radius 1 is 1.27 bits per heavy atom. The molecule has 0 fully saturated rings. The molecule has 0 radical (unpaired) electrons. The van der Waals surface area contributed by atoms with E-state index < -0.39 is 10.0 Å². The molecule has 22 heavy (non-hydrogen) atoms. The van der Waals surface area contributed by atoms with Crippen LogP contribution in [0.2, 0.25) is 0 Å². The first-order valence-corrected chi connectivity index (χ1v) is 9.72. The van der Waals surface area contributed by atoms with Gasteiger partial charge >= 0.3 is 0 Å². The fourth-order valence-electron chi connectivity index (χ4n) is 1.98. The lowest BCUT2D eigenvalue weighted by atomic mass is 10.2. The van der Waals surface area contributed by atoms with E-state index in [1.165, 1.54) is 11.8 Å². The number of thioether (sulfide) groups is 1. The van der Waals surface area contributed by atoms with Gasteiger partial charge in [-0.1, -0.05) is 23.9 Å². The number of rotatable bonds is 7. The smallest absolute Gasteiger partial charge is 0.262 e. The fraction of sp³-hybridized carbons (Fsp3) is 0.429. The van der Waals surface area contributed by atoms with Crippen LogP contribution in [0.5, 0.6) is 0 Å². The summed E-state index contributed by atoms with van der Waals surface area (Å²) in [7, 11) is -3.18. The van der Waals surface area contributed by atoms with Crippen LogP contribution in [0.3, 0.4) is 0 Å². The highest BCUT2D eigenvalue weighted by Crippen LogP contribution is 2.17. The largest absolute Gasteiger partial charge is 0.287 e. The molecule has 0 spiro atoms. The number of hydrogen-bond donors (Lipinski definition) is 1. The van der Waals surface area contributed by atoms with Gasteiger partial charge in [0.25, 0.3) is 5.56 Å². The lowest BCUT2D eigenvalue weighted by Crippen LogP contribution is -2.28. The number of hydrogen-bond acceptors (Lipinski definition) is 5. The second-order valence-electron chi connectivity index (χ2n) is 4.61. The minimum absolute atomic E-state index is 0.0611. The predicted molar refractivity (Wildman–Crippen MR) is 89.9 cm³/mol. The maximum atomic E-state index is 12.4. The average Bonchev–Trinajstić information content (AvgIpc) is 2.52. The maximum Gasteiger partial charge on any atom is 0.262 e. The zero-order valence-electron chi connectivity index (χ0n) is 12.6. The van der Waals surface area contributed by atoms with Gasteiger partial charge in [0.15, 0.2) is 5.16 Å². The van der Waals surface area contributed by atoms with Gasteiger partial charge in [-0.2, -0.15) is 0 Å². The van der Waals surface area contributed by atoms with Crippen LogP contribution in [0.15, 0.2) is 34.2 Å². The Morgan fingerprint density at radius 2 is 2.00 bits per heavy atom. The number of fused-ring (bicyclic) bond motifs is 1. The normalized spacial score (nSPS) is 11.9. The second kappa shape index (κ2) is 7.26. The molecule has 0 unspecified atom stereocenters. The van der Waals surface area contributed by atoms with Gasteiger partial charge in [0.2, 0.25) is 10.0 Å². The molecule has 0 aliphatic rings. The molecule has 8 heteroatoms. The molecule has 0 saturated heterocycles. The van der Waals surface area contributed by atoms with E-state index in [2.05, 4.69) is 9.71 Å². The fourth-order valence-corrected chi connectivity index (χ4v) is 3.64. The summed E-state index contributed by atoms with van der Waals surface area (Å²) in [6.07, 6.45) is 0. The van der Waals surface area contributed by atoms with E-state index in [0.29, 0.717) is 34.9 Å². The van der Waals surface area contributed by atoms with Gasteiger partial charge in [-0.05, 0) is 26.0 Å². The molecule has 1 N–H and O–H groups in total. The molecule has 1 aromatic heterocycles. The van der Waals surface area contributed by atoms with E-state index in [1.807, 2.05) is 19.1 Å². The van der Waals surface area contributed by atoms with E-state index in [-0.39, 0.29) is 11.3 Å². The SMILES string of the molecule is CCn1c(SCCNS(=O)(=O)CC)nc2ccccc2c1=O. The lowest BCUT2D eigenvalue weighted by Gasteiger charge is -2.11. The van der Waals surface area contributed by atoms with Crippen molar-refractivity contribution in [1.29, 1.82) is 0 Å². The van der Waals surface area contributed by atoms with Crippen molar-refractivity contribution in [3.05, 3.63) is 34.6 Å². The molecule has 1 heterocycles. The number of nitrogens with one attached hydrogen (secondary N) is 1. The highest BCUT2D eigenvalue weighted by atomic mass is 32.2. The average molecular weight is 341 g/mol. The van der Waals surface area contributed by atoms with Crippen LogP contribution in [0.4, 0.5) is 0 Å². The Hall–Kier alpha value is -1.38. The number of benzene rings is 1. The van der Waals surface area contributed by atoms with Crippen molar-refractivity contribution >= 4 is 32.7 Å². The van der Waals surface area contributed by atoms with Gasteiger partial charge in [-0.25, -0.2) is 18.1 Å². The van der Waals surface area contributed by atoms with Crippen molar-refractivity contribution in [2.45, 2.75) is 25.5 Å². The Labute approximate surface area is 134 Å². The van der Waals surface area contributed by atoms with Crippen molar-refractivity contribution in [1.82, 2.24) is 14.3 Å². The summed E-state index contributed by atoms with van der Waals surface area (Å²) in [4.78, 5) is 16.9. The first-order chi connectivity index (χ1) is 10.5. The Balaban J connectivity index is 2.19. The molecule has 1 aromatic carbocycles. The third-order valence-corrected chi connectivity index (χ3v) is 5.56. The molecule has 2 rings (SSSR count). The third kappa shape index (κ3) is 3.88. The first-order valence-electron chi connectivity index (χ1n) is 7.08. The van der Waals surface area contributed by atoms with Crippen molar-refractivity contribution in [3.63, 3.8) is 0 Å². The van der Waals surface area contributed by atoms with E-state index in [0.717, 1.165) is 0 Å². The first kappa shape index (κ1) is 17.0. The summed E-state index contributed by atoms with van der Waals surface area (Å²) in [5, 5.41) is 1.21. The maximum absolute atomic E-state index is 12.4. The quantitative estimate of drug-likeness (QED) is 0.468. The van der Waals surface area contributed by atoms with E-state index >= 15 is 0 Å². The lowest BCUT2D eigenvalue weighted by molar-refractivity contribution is 0.585. The van der Waals surface area contributed by atoms with Crippen LogP contribution in [0.1, 0.15) is 13.8 Å². The highest BCUT2D eigenvalue weighted by molar-refractivity contribution is 7.99. The third-order valence-electron chi connectivity index (χ3n) is 3.18. The molecule has 2 aromatic rings. The van der Waals surface area contributed by atoms with Crippen LogP contribution >= 0.6 is 11.8 Å². The van der Waals surface area contributed by atoms with Crippen molar-refractivity contribution in [2.75, 3.05) is 18.1 Å². The summed E-state index contributed by atoms with van der Waals surface area (Å²) in [6.45, 7) is 4.32. The summed E-state index contributed by atoms with van der Waals surface area (Å²) in [5.41, 5.74) is 0.596. The van der Waals surface area contributed by atoms with Gasteiger partial charge < -0.3 is 0 Å². The molecule has 0 bridgehead atoms. The molecular weight excluding hydrogens is 322 g/mol. The van der Waals surface area contributed by atoms with Crippen molar-refractivity contribution < 1.29 is 8.42 Å². The molecule has 0 saturated carbocycles. The van der Waals surface area contributed by atoms with Crippen molar-refractivity contribution in [3.8, 4) is 0 Å². The number of nitrogens with zero attached hydrogens (tertiary/aromatic N) is 2. The Kier molecular flexibility index (Phi) is 5.60. The van der Waals surface area contributed by atoms with Crippen LogP contribution in [-0.4, -0.2) is 36.0 Å². The summed E-state index contributed by atoms with van der Waals surface area (Å²) in [5.74, 6) is 0.579. The summed E-state index contributed by atoms with van der Waals surface area (Å²) in [6, 6.07) is 7.23. The summed E-state index contributed by atoms with van der Waals surface area (Å²) < 4.78 is 26.9. The highest BCUT2D eigenvalue weighted by Gasteiger charge is 2.11. The molecule has 0 amide bonds. The van der Waals surface area contributed by atoms with E-state index in [4.69, 9.17) is 0 Å². The number of para-hydroxylation sites is 1. The molecule has 6 nitrogen and oxygen atoms in total. The van der Waals surface area contributed by atoms with E-state index in [9.17, 15) is 13.2 Å². The Bertz CT molecular complexity index is 816. The van der Waals surface area contributed by atoms with Crippen molar-refractivity contribution in [2.24, 2.45) is 0 Å². The standard InChI is InChI=1S/C14H19N3O3S2/c1-3-17-13(18)11-7-5-6-8-12(11)16-14(17)21-10-9-15-22(19,20)4-2/h5-8,15H,3-4,9-10H2,1-2H3. The molecule has 0 aliphatic carbocycles. The van der Waals surface area contributed by atoms with Crippen LogP contribution in [-0.2, 0) is 16.6 Å². The monoisotopic (exact) mass is 341 g/mol. The minimum atomic E-state index is -3.18. The van der Waals surface area contributed by atoms with Crippen LogP contribution in [0.25, 0.3) is 10.9 Å². The van der Waals surface area contributed by atoms with Gasteiger partial charge in [0.1, 0.15) is 0 Å². The topological polar surface area (TPSA) is 81.1 Å². The molecule has 0 atom stereocenters. The molecule has 120 valence electrons. The van der Waals surface area contributed by atoms with Gasteiger partial charge in [0, 0.05) is 18.8 Å². The zero-order valence-corrected chi connectivity index (χ0v) is 14.2. The zero-order chi connectivity index (χ0) is 16.2. The Morgan fingerprint density at radius 3 is 2.68 bits per heavy atom. The molecular formula is C14H19N3O3S2. The second-order valence-corrected chi connectivity index (χ2v) is 7.76. The van der Waals surface area contributed by atoms with Crippen LogP contribution in [0, 0.1) is 0 Å². The number of aromatic nitrogens is 2. The molecule has 0 aliphatic heterocycles. The van der Waals surface area contributed by atoms with Gasteiger partial charge in [-0.3, -0.25) is 9.36 Å². The van der Waals surface area contributed by atoms with Crippen LogP contribution < -0.4 is 10.3 Å². The summed E-state index contributed by atoms with van der Waals surface area (Å²) >= 11 is 1.38. The van der Waals surface area contributed by atoms with Gasteiger partial charge in [-0.15, -0.1) is 0 Å². The minimum Gasteiger partial charge on any atom is -0.287 e. The predicted octanol–water partition coefficient (Wildman–Crippen LogP) is 1.45.